The molecule has 1 heterocycles. The van der Waals surface area contributed by atoms with E-state index in [9.17, 15) is 18.0 Å². The van der Waals surface area contributed by atoms with Crippen molar-refractivity contribution in [2.75, 3.05) is 6.61 Å². The van der Waals surface area contributed by atoms with Gasteiger partial charge in [0.25, 0.3) is 0 Å². The summed E-state index contributed by atoms with van der Waals surface area (Å²) in [6, 6.07) is 17.3. The van der Waals surface area contributed by atoms with Crippen LogP contribution in [0, 0.1) is 0 Å². The van der Waals surface area contributed by atoms with Crippen LogP contribution in [0.5, 0.6) is 5.75 Å². The average molecular weight is 484 g/mol. The van der Waals surface area contributed by atoms with Gasteiger partial charge < -0.3 is 15.2 Å². The molecule has 3 N–H and O–H groups in total. The molecule has 10 heteroatoms. The number of aromatic nitrogens is 1. The summed E-state index contributed by atoms with van der Waals surface area (Å²) in [7, 11) is -4.10. The van der Waals surface area contributed by atoms with E-state index in [2.05, 4.69) is 9.71 Å². The van der Waals surface area contributed by atoms with Gasteiger partial charge in [-0.05, 0) is 73.9 Å². The number of aryl methyl sites for hydroxylation is 1. The highest BCUT2D eigenvalue weighted by atomic mass is 32.2. The number of nitrogens with two attached hydrogens (primary N) is 1. The number of carbonyl (C=O) groups excluding carboxylic acids is 2. The maximum Gasteiger partial charge on any atom is 0.349 e. The van der Waals surface area contributed by atoms with E-state index in [1.54, 1.807) is 30.6 Å². The van der Waals surface area contributed by atoms with Gasteiger partial charge in [-0.1, -0.05) is 18.2 Å². The van der Waals surface area contributed by atoms with Crippen LogP contribution < -0.4 is 15.2 Å². The molecule has 1 atom stereocenters. The SMILES string of the molecule is C[C@](N)(NS(=O)(=O)c1ccccc1)C(=O)OC(=O)c1ccc(OCCCc2ccncc2)cc1. The third-order valence-corrected chi connectivity index (χ3v) is 6.31. The summed E-state index contributed by atoms with van der Waals surface area (Å²) in [6.07, 6.45) is 5.13. The zero-order chi connectivity index (χ0) is 24.6. The van der Waals surface area contributed by atoms with Crippen LogP contribution in [0.3, 0.4) is 0 Å². The molecule has 3 aromatic rings. The normalized spacial score (nSPS) is 13.0. The minimum absolute atomic E-state index is 0.0813. The standard InChI is InChI=1S/C24H25N3O6S/c1-24(25,27-34(30,31)21-7-3-2-4-8-21)23(29)33-22(28)19-9-11-20(12-10-19)32-17-5-6-18-13-15-26-16-14-18/h2-4,7-16,27H,5-6,17,25H2,1H3/t24-/m0/s1. The minimum Gasteiger partial charge on any atom is -0.494 e. The Bertz CT molecular complexity index is 1210. The number of pyridine rings is 1. The first-order valence-electron chi connectivity index (χ1n) is 10.4. The number of sulfonamides is 1. The second-order valence-electron chi connectivity index (χ2n) is 7.63. The van der Waals surface area contributed by atoms with Crippen LogP contribution >= 0.6 is 0 Å². The number of ether oxygens (including phenoxy) is 2. The maximum atomic E-state index is 12.4. The fraction of sp³-hybridized carbons (Fsp3) is 0.208. The number of nitrogens with one attached hydrogen (secondary N) is 1. The molecule has 0 saturated heterocycles. The van der Waals surface area contributed by atoms with Crippen LogP contribution in [0.1, 0.15) is 29.3 Å². The Hall–Kier alpha value is -3.60. The van der Waals surface area contributed by atoms with Gasteiger partial charge in [-0.2, -0.15) is 4.72 Å². The largest absolute Gasteiger partial charge is 0.494 e. The van der Waals surface area contributed by atoms with E-state index >= 15 is 0 Å². The third-order valence-electron chi connectivity index (χ3n) is 4.73. The molecule has 0 fully saturated rings. The fourth-order valence-corrected chi connectivity index (χ4v) is 4.21. The number of hydrogen-bond acceptors (Lipinski definition) is 8. The number of nitrogens with zero attached hydrogens (tertiary/aromatic N) is 1. The lowest BCUT2D eigenvalue weighted by molar-refractivity contribution is -0.144. The van der Waals surface area contributed by atoms with E-state index < -0.39 is 27.6 Å². The molecular weight excluding hydrogens is 458 g/mol. The number of hydrogen-bond donors (Lipinski definition) is 2. The number of esters is 2. The Kier molecular flexibility index (Phi) is 8.11. The summed E-state index contributed by atoms with van der Waals surface area (Å²) < 4.78 is 37.4. The number of carbonyl (C=O) groups is 2. The van der Waals surface area contributed by atoms with Crippen LogP contribution in [0.15, 0.2) is 84.0 Å². The molecule has 2 aromatic carbocycles. The highest BCUT2D eigenvalue weighted by Gasteiger charge is 2.37. The van der Waals surface area contributed by atoms with Gasteiger partial charge in [0.2, 0.25) is 10.0 Å². The minimum atomic E-state index is -4.10. The zero-order valence-electron chi connectivity index (χ0n) is 18.5. The quantitative estimate of drug-likeness (QED) is 0.194. The van der Waals surface area contributed by atoms with Crippen molar-refractivity contribution in [1.82, 2.24) is 9.71 Å². The third kappa shape index (κ3) is 6.95. The van der Waals surface area contributed by atoms with Crippen LogP contribution in [0.4, 0.5) is 0 Å². The molecule has 3 rings (SSSR count). The summed E-state index contributed by atoms with van der Waals surface area (Å²) >= 11 is 0. The van der Waals surface area contributed by atoms with E-state index in [0.29, 0.717) is 12.4 Å². The molecule has 0 radical (unpaired) electrons. The second kappa shape index (κ2) is 11.0. The Morgan fingerprint density at radius 3 is 2.29 bits per heavy atom. The van der Waals surface area contributed by atoms with Gasteiger partial charge in [0.1, 0.15) is 5.75 Å². The molecule has 0 aliphatic rings. The zero-order valence-corrected chi connectivity index (χ0v) is 19.3. The lowest BCUT2D eigenvalue weighted by Crippen LogP contribution is -2.60. The van der Waals surface area contributed by atoms with Crippen molar-refractivity contribution in [3.63, 3.8) is 0 Å². The predicted molar refractivity (Wildman–Crippen MR) is 124 cm³/mol. The van der Waals surface area contributed by atoms with E-state index in [1.807, 2.05) is 12.1 Å². The van der Waals surface area contributed by atoms with Crippen molar-refractivity contribution in [1.29, 1.82) is 0 Å². The molecule has 34 heavy (non-hydrogen) atoms. The Morgan fingerprint density at radius 1 is 1.00 bits per heavy atom. The average Bonchev–Trinajstić information content (AvgIpc) is 2.83. The van der Waals surface area contributed by atoms with E-state index in [0.717, 1.165) is 19.8 Å². The number of benzene rings is 2. The summed E-state index contributed by atoms with van der Waals surface area (Å²) in [5, 5.41) is 0. The Morgan fingerprint density at radius 2 is 1.65 bits per heavy atom. The van der Waals surface area contributed by atoms with Gasteiger partial charge >= 0.3 is 11.9 Å². The van der Waals surface area contributed by atoms with Crippen molar-refractivity contribution in [3.05, 3.63) is 90.3 Å². The van der Waals surface area contributed by atoms with Gasteiger partial charge in [-0.15, -0.1) is 0 Å². The van der Waals surface area contributed by atoms with Crippen LogP contribution in [-0.4, -0.2) is 37.6 Å². The molecule has 0 unspecified atom stereocenters. The molecule has 0 aliphatic heterocycles. The lowest BCUT2D eigenvalue weighted by Gasteiger charge is -2.23. The van der Waals surface area contributed by atoms with E-state index in [4.69, 9.17) is 15.2 Å². The topological polar surface area (TPSA) is 138 Å². The molecule has 178 valence electrons. The molecule has 0 spiro atoms. The van der Waals surface area contributed by atoms with E-state index in [-0.39, 0.29) is 10.5 Å². The molecule has 1 aromatic heterocycles. The van der Waals surface area contributed by atoms with Crippen molar-refractivity contribution in [3.8, 4) is 5.75 Å². The predicted octanol–water partition coefficient (Wildman–Crippen LogP) is 2.43. The lowest BCUT2D eigenvalue weighted by atomic mass is 10.1. The number of rotatable bonds is 10. The summed E-state index contributed by atoms with van der Waals surface area (Å²) in [5.74, 6) is -1.66. The molecule has 9 nitrogen and oxygen atoms in total. The van der Waals surface area contributed by atoms with Gasteiger partial charge in [0.15, 0.2) is 5.66 Å². The summed E-state index contributed by atoms with van der Waals surface area (Å²) in [6.45, 7) is 1.59. The monoisotopic (exact) mass is 483 g/mol. The second-order valence-corrected chi connectivity index (χ2v) is 9.31. The first-order chi connectivity index (χ1) is 16.2. The van der Waals surface area contributed by atoms with Crippen molar-refractivity contribution in [2.45, 2.75) is 30.3 Å². The van der Waals surface area contributed by atoms with Crippen molar-refractivity contribution >= 4 is 22.0 Å². The van der Waals surface area contributed by atoms with E-state index in [1.165, 1.54) is 42.0 Å². The highest BCUT2D eigenvalue weighted by molar-refractivity contribution is 7.89. The smallest absolute Gasteiger partial charge is 0.349 e. The van der Waals surface area contributed by atoms with Gasteiger partial charge in [-0.3, -0.25) is 4.98 Å². The summed E-state index contributed by atoms with van der Waals surface area (Å²) in [5.41, 5.74) is 4.89. The van der Waals surface area contributed by atoms with Crippen LogP contribution in [-0.2, 0) is 26.0 Å². The highest BCUT2D eigenvalue weighted by Crippen LogP contribution is 2.16. The summed E-state index contributed by atoms with van der Waals surface area (Å²) in [4.78, 5) is 28.6. The van der Waals surface area contributed by atoms with Crippen LogP contribution in [0.2, 0.25) is 0 Å². The maximum absolute atomic E-state index is 12.4. The molecule has 0 aliphatic carbocycles. The van der Waals surface area contributed by atoms with Crippen molar-refractivity contribution < 1.29 is 27.5 Å². The Labute approximate surface area is 198 Å². The van der Waals surface area contributed by atoms with Crippen molar-refractivity contribution in [2.24, 2.45) is 5.73 Å². The molecular formula is C24H25N3O6S. The van der Waals surface area contributed by atoms with Crippen LogP contribution in [0.25, 0.3) is 0 Å². The van der Waals surface area contributed by atoms with Gasteiger partial charge in [0.05, 0.1) is 17.1 Å². The van der Waals surface area contributed by atoms with Gasteiger partial charge in [-0.25, -0.2) is 18.0 Å². The first kappa shape index (κ1) is 25.0. The Balaban J connectivity index is 1.51. The molecule has 0 bridgehead atoms. The first-order valence-corrected chi connectivity index (χ1v) is 11.9. The molecule has 0 amide bonds. The fourth-order valence-electron chi connectivity index (χ4n) is 2.93. The van der Waals surface area contributed by atoms with Gasteiger partial charge in [0, 0.05) is 12.4 Å². The molecule has 0 saturated carbocycles.